The van der Waals surface area contributed by atoms with Crippen LogP contribution >= 0.6 is 22.6 Å². The molecular weight excluding hydrogens is 537 g/mol. The van der Waals surface area contributed by atoms with Gasteiger partial charge in [0.15, 0.2) is 0 Å². The number of piperidine rings is 1. The van der Waals surface area contributed by atoms with E-state index in [4.69, 9.17) is 14.7 Å². The van der Waals surface area contributed by atoms with Gasteiger partial charge in [0.1, 0.15) is 5.75 Å². The van der Waals surface area contributed by atoms with Crippen molar-refractivity contribution in [3.05, 3.63) is 75.8 Å². The maximum Gasteiger partial charge on any atom is 0.322 e. The standard InChI is InChI=1S/C27H28IN5O/c1-3-19-14-18(2)15-23(16-19)34-27-30-13-10-24(32-27)26-25(20-4-6-21(28)7-5-20)31-17-33(26)22-8-11-29-12-9-22/h4-7,10,13-17,22,29H,3,8-9,11-12H2,1-2H3. The smallest absolute Gasteiger partial charge is 0.322 e. The zero-order chi connectivity index (χ0) is 23.5. The summed E-state index contributed by atoms with van der Waals surface area (Å²) in [7, 11) is 0. The molecule has 7 heteroatoms. The van der Waals surface area contributed by atoms with Crippen molar-refractivity contribution >= 4 is 22.6 Å². The molecule has 2 aromatic heterocycles. The molecule has 0 atom stereocenters. The van der Waals surface area contributed by atoms with Crippen LogP contribution in [0.15, 0.2) is 61.1 Å². The molecule has 2 aromatic carbocycles. The van der Waals surface area contributed by atoms with Crippen molar-refractivity contribution in [2.75, 3.05) is 13.1 Å². The summed E-state index contributed by atoms with van der Waals surface area (Å²) in [5.74, 6) is 0.763. The van der Waals surface area contributed by atoms with Crippen LogP contribution in [0.4, 0.5) is 0 Å². The van der Waals surface area contributed by atoms with Crippen LogP contribution in [0.25, 0.3) is 22.6 Å². The van der Waals surface area contributed by atoms with E-state index in [1.165, 1.54) is 9.13 Å². The fourth-order valence-electron chi connectivity index (χ4n) is 4.51. The topological polar surface area (TPSA) is 64.9 Å². The molecule has 0 spiro atoms. The highest BCUT2D eigenvalue weighted by molar-refractivity contribution is 14.1. The van der Waals surface area contributed by atoms with Gasteiger partial charge in [-0.25, -0.2) is 9.97 Å². The van der Waals surface area contributed by atoms with Gasteiger partial charge in [-0.05, 0) is 103 Å². The summed E-state index contributed by atoms with van der Waals surface area (Å²) in [6.07, 6.45) is 6.81. The van der Waals surface area contributed by atoms with Crippen LogP contribution in [0.1, 0.15) is 36.9 Å². The molecule has 1 aliphatic heterocycles. The van der Waals surface area contributed by atoms with Crippen molar-refractivity contribution < 1.29 is 4.74 Å². The molecule has 1 aliphatic rings. The minimum Gasteiger partial charge on any atom is -0.424 e. The Morgan fingerprint density at radius 2 is 1.85 bits per heavy atom. The Hall–Kier alpha value is -2.78. The Kier molecular flexibility index (Phi) is 6.92. The number of hydrogen-bond acceptors (Lipinski definition) is 5. The first-order valence-corrected chi connectivity index (χ1v) is 12.8. The predicted octanol–water partition coefficient (Wildman–Crippen LogP) is 6.20. The molecule has 4 aromatic rings. The Balaban J connectivity index is 1.56. The highest BCUT2D eigenvalue weighted by Crippen LogP contribution is 2.35. The van der Waals surface area contributed by atoms with Gasteiger partial charge in [-0.15, -0.1) is 0 Å². The van der Waals surface area contributed by atoms with Crippen LogP contribution in [-0.2, 0) is 6.42 Å². The van der Waals surface area contributed by atoms with E-state index in [0.29, 0.717) is 12.1 Å². The van der Waals surface area contributed by atoms with Crippen LogP contribution in [0.5, 0.6) is 11.8 Å². The highest BCUT2D eigenvalue weighted by atomic mass is 127. The first-order valence-electron chi connectivity index (χ1n) is 11.8. The van der Waals surface area contributed by atoms with Gasteiger partial charge in [-0.3, -0.25) is 0 Å². The van der Waals surface area contributed by atoms with Gasteiger partial charge in [-0.2, -0.15) is 4.98 Å². The van der Waals surface area contributed by atoms with Crippen LogP contribution < -0.4 is 10.1 Å². The number of aromatic nitrogens is 4. The normalized spacial score (nSPS) is 14.3. The van der Waals surface area contributed by atoms with E-state index in [0.717, 1.165) is 66.3 Å². The van der Waals surface area contributed by atoms with E-state index in [-0.39, 0.29) is 0 Å². The molecule has 0 radical (unpaired) electrons. The number of hydrogen-bond donors (Lipinski definition) is 1. The second kappa shape index (κ2) is 10.2. The molecule has 1 N–H and O–H groups in total. The first-order chi connectivity index (χ1) is 16.6. The second-order valence-corrected chi connectivity index (χ2v) is 9.92. The van der Waals surface area contributed by atoms with Crippen LogP contribution in [0.3, 0.4) is 0 Å². The van der Waals surface area contributed by atoms with Crippen LogP contribution in [0, 0.1) is 10.5 Å². The first kappa shape index (κ1) is 23.0. The molecule has 0 aliphatic carbocycles. The SMILES string of the molecule is CCc1cc(C)cc(Oc2nccc(-c3c(-c4ccc(I)cc4)ncn3C3CCNCC3)n2)c1. The minimum absolute atomic E-state index is 0.344. The van der Waals surface area contributed by atoms with Crippen molar-refractivity contribution in [1.82, 2.24) is 24.8 Å². The summed E-state index contributed by atoms with van der Waals surface area (Å²) in [5.41, 5.74) is 6.24. The third-order valence-electron chi connectivity index (χ3n) is 6.22. The van der Waals surface area contributed by atoms with E-state index < -0.39 is 0 Å². The average Bonchev–Trinajstić information content (AvgIpc) is 3.30. The predicted molar refractivity (Wildman–Crippen MR) is 143 cm³/mol. The number of rotatable bonds is 6. The van der Waals surface area contributed by atoms with Crippen LogP contribution in [-0.4, -0.2) is 32.6 Å². The van der Waals surface area contributed by atoms with Crippen molar-refractivity contribution in [2.24, 2.45) is 0 Å². The lowest BCUT2D eigenvalue weighted by atomic mass is 10.0. The van der Waals surface area contributed by atoms with Gasteiger partial charge in [0.05, 0.1) is 23.4 Å². The fraction of sp³-hybridized carbons (Fsp3) is 0.296. The largest absolute Gasteiger partial charge is 0.424 e. The van der Waals surface area contributed by atoms with E-state index in [9.17, 15) is 0 Å². The molecule has 1 saturated heterocycles. The van der Waals surface area contributed by atoms with Gasteiger partial charge < -0.3 is 14.6 Å². The summed E-state index contributed by atoms with van der Waals surface area (Å²) < 4.78 is 9.62. The number of benzene rings is 2. The van der Waals surface area contributed by atoms with Crippen LogP contribution in [0.2, 0.25) is 0 Å². The average molecular weight is 565 g/mol. The molecular formula is C27H28IN5O. The third-order valence-corrected chi connectivity index (χ3v) is 6.94. The number of halogens is 1. The third kappa shape index (κ3) is 5.00. The van der Waals surface area contributed by atoms with Gasteiger partial charge in [0.2, 0.25) is 0 Å². The number of nitrogens with zero attached hydrogens (tertiary/aromatic N) is 4. The number of aryl methyl sites for hydroxylation is 2. The Morgan fingerprint density at radius 3 is 2.62 bits per heavy atom. The lowest BCUT2D eigenvalue weighted by molar-refractivity contribution is 0.370. The maximum absolute atomic E-state index is 6.12. The molecule has 0 amide bonds. The van der Waals surface area contributed by atoms with Crippen molar-refractivity contribution in [3.8, 4) is 34.4 Å². The lowest BCUT2D eigenvalue weighted by Crippen LogP contribution is -2.29. The maximum atomic E-state index is 6.12. The van der Waals surface area contributed by atoms with Crippen molar-refractivity contribution in [3.63, 3.8) is 0 Å². The van der Waals surface area contributed by atoms with E-state index in [1.54, 1.807) is 6.20 Å². The Labute approximate surface area is 214 Å². The molecule has 6 nitrogen and oxygen atoms in total. The quantitative estimate of drug-likeness (QED) is 0.282. The Morgan fingerprint density at radius 1 is 1.06 bits per heavy atom. The summed E-state index contributed by atoms with van der Waals surface area (Å²) in [6.45, 7) is 6.23. The van der Waals surface area contributed by atoms with Gasteiger partial charge in [0, 0.05) is 21.4 Å². The zero-order valence-electron chi connectivity index (χ0n) is 19.5. The lowest BCUT2D eigenvalue weighted by Gasteiger charge is -2.25. The monoisotopic (exact) mass is 565 g/mol. The summed E-state index contributed by atoms with van der Waals surface area (Å²) in [5, 5.41) is 3.46. The summed E-state index contributed by atoms with van der Waals surface area (Å²) in [4.78, 5) is 14.1. The summed E-state index contributed by atoms with van der Waals surface area (Å²) >= 11 is 2.33. The van der Waals surface area contributed by atoms with Crippen molar-refractivity contribution in [1.29, 1.82) is 0 Å². The molecule has 3 heterocycles. The second-order valence-electron chi connectivity index (χ2n) is 8.67. The Bertz CT molecular complexity index is 1280. The van der Waals surface area contributed by atoms with E-state index in [1.807, 2.05) is 18.5 Å². The number of ether oxygens (including phenoxy) is 1. The summed E-state index contributed by atoms with van der Waals surface area (Å²) in [6, 6.07) is 17.4. The number of imidazole rings is 1. The van der Waals surface area contributed by atoms with Crippen molar-refractivity contribution in [2.45, 2.75) is 39.2 Å². The highest BCUT2D eigenvalue weighted by Gasteiger charge is 2.23. The van der Waals surface area contributed by atoms with Gasteiger partial charge in [-0.1, -0.05) is 25.1 Å². The molecule has 5 rings (SSSR count). The molecule has 174 valence electrons. The zero-order valence-corrected chi connectivity index (χ0v) is 21.6. The fourth-order valence-corrected chi connectivity index (χ4v) is 4.87. The molecule has 0 unspecified atom stereocenters. The minimum atomic E-state index is 0.344. The van der Waals surface area contributed by atoms with E-state index in [2.05, 4.69) is 87.7 Å². The van der Waals surface area contributed by atoms with E-state index >= 15 is 0 Å². The number of nitrogens with one attached hydrogen (secondary N) is 1. The van der Waals surface area contributed by atoms with Gasteiger partial charge in [0.25, 0.3) is 0 Å². The van der Waals surface area contributed by atoms with Gasteiger partial charge >= 0.3 is 6.01 Å². The molecule has 0 saturated carbocycles. The molecule has 1 fully saturated rings. The molecule has 34 heavy (non-hydrogen) atoms. The molecule has 0 bridgehead atoms.